The molecule has 0 unspecified atom stereocenters. The van der Waals surface area contributed by atoms with E-state index < -0.39 is 0 Å². The van der Waals surface area contributed by atoms with Crippen molar-refractivity contribution in [3.63, 3.8) is 0 Å². The van der Waals surface area contributed by atoms with Crippen molar-refractivity contribution in [3.8, 4) is 6.07 Å². The molecule has 0 saturated carbocycles. The fourth-order valence-electron chi connectivity index (χ4n) is 2.81. The molecule has 0 spiro atoms. The Labute approximate surface area is 153 Å². The van der Waals surface area contributed by atoms with E-state index in [-0.39, 0.29) is 0 Å². The predicted octanol–water partition coefficient (Wildman–Crippen LogP) is 5.01. The van der Waals surface area contributed by atoms with Crippen molar-refractivity contribution in [2.24, 2.45) is 0 Å². The first-order chi connectivity index (χ1) is 12.6. The van der Waals surface area contributed by atoms with Gasteiger partial charge < -0.3 is 10.6 Å². The molecule has 26 heavy (non-hydrogen) atoms. The van der Waals surface area contributed by atoms with Crippen LogP contribution in [0.3, 0.4) is 0 Å². The highest BCUT2D eigenvalue weighted by Gasteiger charge is 2.08. The van der Waals surface area contributed by atoms with Crippen LogP contribution < -0.4 is 10.6 Å². The number of hydrogen-bond donors (Lipinski definition) is 2. The molecule has 0 aliphatic rings. The topological polar surface area (TPSA) is 73.6 Å². The van der Waals surface area contributed by atoms with Crippen molar-refractivity contribution >= 4 is 23.1 Å². The third-order valence-electron chi connectivity index (χ3n) is 4.10. The van der Waals surface area contributed by atoms with Gasteiger partial charge in [0.15, 0.2) is 0 Å². The number of hydrogen-bond acceptors (Lipinski definition) is 5. The lowest BCUT2D eigenvalue weighted by Gasteiger charge is -2.15. The van der Waals surface area contributed by atoms with Gasteiger partial charge in [-0.3, -0.25) is 0 Å². The van der Waals surface area contributed by atoms with E-state index in [9.17, 15) is 0 Å². The van der Waals surface area contributed by atoms with Gasteiger partial charge in [0.05, 0.1) is 11.6 Å². The molecule has 0 atom stereocenters. The van der Waals surface area contributed by atoms with Gasteiger partial charge in [-0.05, 0) is 49.6 Å². The lowest BCUT2D eigenvalue weighted by atomic mass is 10.1. The molecule has 3 rings (SSSR count). The van der Waals surface area contributed by atoms with Gasteiger partial charge in [0.25, 0.3) is 0 Å². The van der Waals surface area contributed by atoms with E-state index in [1.807, 2.05) is 25.1 Å². The van der Waals surface area contributed by atoms with Crippen molar-refractivity contribution in [2.75, 3.05) is 10.6 Å². The van der Waals surface area contributed by atoms with Crippen LogP contribution in [0.2, 0.25) is 0 Å². The fraction of sp³-hybridized carbons (Fsp3) is 0.190. The molecule has 0 aliphatic carbocycles. The van der Waals surface area contributed by atoms with Gasteiger partial charge in [0, 0.05) is 23.1 Å². The number of nitriles is 1. The first-order valence-electron chi connectivity index (χ1n) is 8.57. The monoisotopic (exact) mass is 343 g/mol. The first kappa shape index (κ1) is 17.4. The molecule has 5 nitrogen and oxygen atoms in total. The van der Waals surface area contributed by atoms with E-state index in [1.165, 1.54) is 11.1 Å². The fourth-order valence-corrected chi connectivity index (χ4v) is 2.81. The standard InChI is InChI=1S/C21H21N5/c1-4-17-9-5-7-14(2)20(17)25-19-11-15(3)23-21(26-19)24-18-10-6-8-16(12-18)13-22/h5-12H,4H2,1-3H3,(H2,23,24,25,26). The van der Waals surface area contributed by atoms with Gasteiger partial charge in [-0.2, -0.15) is 10.2 Å². The Morgan fingerprint density at radius 2 is 1.81 bits per heavy atom. The Kier molecular flexibility index (Phi) is 5.14. The Hall–Kier alpha value is -3.39. The molecular weight excluding hydrogens is 322 g/mol. The van der Waals surface area contributed by atoms with Gasteiger partial charge in [0.2, 0.25) is 5.95 Å². The second-order valence-electron chi connectivity index (χ2n) is 6.12. The molecule has 2 N–H and O–H groups in total. The third kappa shape index (κ3) is 3.98. The highest BCUT2D eigenvalue weighted by molar-refractivity contribution is 5.66. The summed E-state index contributed by atoms with van der Waals surface area (Å²) in [5.41, 5.74) is 5.74. The molecule has 0 amide bonds. The van der Waals surface area contributed by atoms with Crippen LogP contribution in [-0.4, -0.2) is 9.97 Å². The van der Waals surface area contributed by atoms with E-state index >= 15 is 0 Å². The number of anilines is 4. The van der Waals surface area contributed by atoms with Crippen molar-refractivity contribution in [1.29, 1.82) is 5.26 Å². The van der Waals surface area contributed by atoms with Crippen molar-refractivity contribution < 1.29 is 0 Å². The van der Waals surface area contributed by atoms with Crippen LogP contribution in [0.15, 0.2) is 48.5 Å². The van der Waals surface area contributed by atoms with Gasteiger partial charge in [-0.15, -0.1) is 0 Å². The van der Waals surface area contributed by atoms with E-state index in [4.69, 9.17) is 5.26 Å². The number of para-hydroxylation sites is 1. The maximum atomic E-state index is 9.04. The number of nitrogens with zero attached hydrogens (tertiary/aromatic N) is 3. The summed E-state index contributed by atoms with van der Waals surface area (Å²) in [6.45, 7) is 6.16. The largest absolute Gasteiger partial charge is 0.340 e. The minimum Gasteiger partial charge on any atom is -0.340 e. The molecule has 0 aliphatic heterocycles. The molecule has 0 bridgehead atoms. The lowest BCUT2D eigenvalue weighted by molar-refractivity contribution is 1.09. The minimum absolute atomic E-state index is 0.495. The summed E-state index contributed by atoms with van der Waals surface area (Å²) in [5, 5.41) is 15.7. The Morgan fingerprint density at radius 1 is 1.00 bits per heavy atom. The van der Waals surface area contributed by atoms with Gasteiger partial charge in [0.1, 0.15) is 5.82 Å². The molecule has 130 valence electrons. The summed E-state index contributed by atoms with van der Waals surface area (Å²) in [4.78, 5) is 9.03. The Balaban J connectivity index is 1.90. The summed E-state index contributed by atoms with van der Waals surface area (Å²) in [7, 11) is 0. The highest BCUT2D eigenvalue weighted by atomic mass is 15.1. The Morgan fingerprint density at radius 3 is 2.58 bits per heavy atom. The maximum Gasteiger partial charge on any atom is 0.229 e. The average molecular weight is 343 g/mol. The van der Waals surface area contributed by atoms with Crippen LogP contribution >= 0.6 is 0 Å². The quantitative estimate of drug-likeness (QED) is 0.681. The van der Waals surface area contributed by atoms with Crippen LogP contribution in [0.25, 0.3) is 0 Å². The molecule has 5 heteroatoms. The number of aromatic nitrogens is 2. The zero-order chi connectivity index (χ0) is 18.5. The van der Waals surface area contributed by atoms with Crippen LogP contribution in [0, 0.1) is 25.2 Å². The normalized spacial score (nSPS) is 10.2. The van der Waals surface area contributed by atoms with Crippen molar-refractivity contribution in [1.82, 2.24) is 9.97 Å². The minimum atomic E-state index is 0.495. The van der Waals surface area contributed by atoms with E-state index in [2.05, 4.69) is 58.7 Å². The van der Waals surface area contributed by atoms with Gasteiger partial charge >= 0.3 is 0 Å². The molecule has 1 heterocycles. The lowest BCUT2D eigenvalue weighted by Crippen LogP contribution is -2.04. The zero-order valence-electron chi connectivity index (χ0n) is 15.2. The predicted molar refractivity (Wildman–Crippen MR) is 105 cm³/mol. The summed E-state index contributed by atoms with van der Waals surface area (Å²) in [6, 6.07) is 17.6. The molecule has 3 aromatic rings. The number of nitrogens with one attached hydrogen (secondary N) is 2. The summed E-state index contributed by atoms with van der Waals surface area (Å²) >= 11 is 0. The maximum absolute atomic E-state index is 9.04. The molecule has 0 radical (unpaired) electrons. The molecule has 0 saturated heterocycles. The van der Waals surface area contributed by atoms with E-state index in [0.29, 0.717) is 11.5 Å². The van der Waals surface area contributed by atoms with Gasteiger partial charge in [-0.25, -0.2) is 4.98 Å². The van der Waals surface area contributed by atoms with Crippen molar-refractivity contribution in [3.05, 3.63) is 70.9 Å². The molecule has 0 fully saturated rings. The van der Waals surface area contributed by atoms with Crippen LogP contribution in [-0.2, 0) is 6.42 Å². The van der Waals surface area contributed by atoms with E-state index in [1.54, 1.807) is 12.1 Å². The zero-order valence-corrected chi connectivity index (χ0v) is 15.2. The molecule has 2 aromatic carbocycles. The first-order valence-corrected chi connectivity index (χ1v) is 8.57. The molecular formula is C21H21N5. The number of aryl methyl sites for hydroxylation is 3. The third-order valence-corrected chi connectivity index (χ3v) is 4.10. The van der Waals surface area contributed by atoms with E-state index in [0.717, 1.165) is 29.3 Å². The van der Waals surface area contributed by atoms with Crippen LogP contribution in [0.5, 0.6) is 0 Å². The summed E-state index contributed by atoms with van der Waals surface area (Å²) < 4.78 is 0. The average Bonchev–Trinajstić information content (AvgIpc) is 2.63. The second-order valence-corrected chi connectivity index (χ2v) is 6.12. The number of rotatable bonds is 5. The highest BCUT2D eigenvalue weighted by Crippen LogP contribution is 2.26. The SMILES string of the molecule is CCc1cccc(C)c1Nc1cc(C)nc(Nc2cccc(C#N)c2)n1. The summed E-state index contributed by atoms with van der Waals surface area (Å²) in [6.07, 6.45) is 0.945. The smallest absolute Gasteiger partial charge is 0.229 e. The summed E-state index contributed by atoms with van der Waals surface area (Å²) in [5.74, 6) is 1.23. The van der Waals surface area contributed by atoms with Crippen LogP contribution in [0.4, 0.5) is 23.1 Å². The second kappa shape index (κ2) is 7.66. The van der Waals surface area contributed by atoms with Gasteiger partial charge in [-0.1, -0.05) is 31.2 Å². The molecule has 1 aromatic heterocycles. The van der Waals surface area contributed by atoms with Crippen molar-refractivity contribution in [2.45, 2.75) is 27.2 Å². The Bertz CT molecular complexity index is 972. The van der Waals surface area contributed by atoms with Crippen LogP contribution in [0.1, 0.15) is 29.3 Å². The number of benzene rings is 2.